The molecule has 0 bridgehead atoms. The number of sulfonamides is 1. The highest BCUT2D eigenvalue weighted by Gasteiger charge is 2.38. The second kappa shape index (κ2) is 15.7. The molecule has 0 unspecified atom stereocenters. The number of amides is 2. The first-order valence-electron chi connectivity index (χ1n) is 12.3. The number of carbonyl (C=O) groups excluding carboxylic acids is 2. The number of guanidine groups is 1. The van der Waals surface area contributed by atoms with Gasteiger partial charge < -0.3 is 25.6 Å². The Morgan fingerprint density at radius 1 is 1.05 bits per heavy atom. The highest BCUT2D eigenvalue weighted by Crippen LogP contribution is 2.27. The molecule has 0 aliphatic rings. The van der Waals surface area contributed by atoms with Crippen LogP contribution in [0.5, 0.6) is 11.5 Å². The number of benzene rings is 2. The van der Waals surface area contributed by atoms with E-state index in [0.717, 1.165) is 0 Å². The SMILES string of the molecule is CNS(=O)(=O)c1ccc(C)c(NC(=O)[C@H](N=C(N)NC(=O)Cc2ccc(OC)c(OC)c2)C(C)C)c1.O=C(O)C(F)(F)F. The number of nitrogens with two attached hydrogens (primary N) is 1. The maximum absolute atomic E-state index is 13.0. The summed E-state index contributed by atoms with van der Waals surface area (Å²) in [5.74, 6) is -3.13. The van der Waals surface area contributed by atoms with Gasteiger partial charge in [0, 0.05) is 5.69 Å². The molecule has 0 radical (unpaired) electrons. The number of hydrogen-bond acceptors (Lipinski definition) is 8. The molecule has 238 valence electrons. The number of ether oxygens (including phenoxy) is 2. The molecule has 0 heterocycles. The molecule has 0 aromatic heterocycles. The van der Waals surface area contributed by atoms with Crippen molar-refractivity contribution in [3.05, 3.63) is 47.5 Å². The molecule has 1 atom stereocenters. The Bertz CT molecular complexity index is 1450. The van der Waals surface area contributed by atoms with Crippen LogP contribution in [0.2, 0.25) is 0 Å². The lowest BCUT2D eigenvalue weighted by Crippen LogP contribution is -2.41. The number of aliphatic imine (C=N–C) groups is 1. The Morgan fingerprint density at radius 2 is 1.63 bits per heavy atom. The van der Waals surface area contributed by atoms with Gasteiger partial charge >= 0.3 is 12.1 Å². The average molecular weight is 634 g/mol. The van der Waals surface area contributed by atoms with Crippen LogP contribution in [0.3, 0.4) is 0 Å². The number of carboxylic acid groups (broad SMARTS) is 1. The summed E-state index contributed by atoms with van der Waals surface area (Å²) in [6, 6.07) is 8.57. The van der Waals surface area contributed by atoms with Gasteiger partial charge in [0.25, 0.3) is 0 Å². The van der Waals surface area contributed by atoms with Crippen molar-refractivity contribution in [1.29, 1.82) is 0 Å². The Hall–Kier alpha value is -4.38. The predicted octanol–water partition coefficient (Wildman–Crippen LogP) is 2.19. The number of alkyl halides is 3. The zero-order valence-corrected chi connectivity index (χ0v) is 25.0. The molecular formula is C26H34F3N5O8S. The van der Waals surface area contributed by atoms with Crippen molar-refractivity contribution in [3.63, 3.8) is 0 Å². The van der Waals surface area contributed by atoms with E-state index >= 15 is 0 Å². The zero-order chi connectivity index (χ0) is 33.1. The van der Waals surface area contributed by atoms with Crippen LogP contribution >= 0.6 is 0 Å². The number of rotatable bonds is 10. The summed E-state index contributed by atoms with van der Waals surface area (Å²) in [5, 5.41) is 12.3. The second-order valence-corrected chi connectivity index (χ2v) is 11.0. The van der Waals surface area contributed by atoms with E-state index in [1.54, 1.807) is 45.0 Å². The molecule has 43 heavy (non-hydrogen) atoms. The first kappa shape index (κ1) is 36.6. The van der Waals surface area contributed by atoms with Crippen LogP contribution in [0.25, 0.3) is 0 Å². The van der Waals surface area contributed by atoms with E-state index in [-0.39, 0.29) is 23.2 Å². The molecule has 2 aromatic rings. The lowest BCUT2D eigenvalue weighted by Gasteiger charge is -2.19. The number of aliphatic carboxylic acids is 1. The van der Waals surface area contributed by atoms with Crippen molar-refractivity contribution in [1.82, 2.24) is 10.0 Å². The fourth-order valence-corrected chi connectivity index (χ4v) is 4.04. The summed E-state index contributed by atoms with van der Waals surface area (Å²) >= 11 is 0. The topological polar surface area (TPSA) is 199 Å². The molecule has 0 saturated heterocycles. The van der Waals surface area contributed by atoms with Crippen LogP contribution in [0.15, 0.2) is 46.3 Å². The van der Waals surface area contributed by atoms with Crippen molar-refractivity contribution in [2.75, 3.05) is 26.6 Å². The number of nitrogens with one attached hydrogen (secondary N) is 3. The van der Waals surface area contributed by atoms with Gasteiger partial charge in [-0.1, -0.05) is 26.0 Å². The van der Waals surface area contributed by atoms with Crippen LogP contribution in [0.4, 0.5) is 18.9 Å². The van der Waals surface area contributed by atoms with Crippen LogP contribution in [-0.2, 0) is 30.8 Å². The molecule has 2 rings (SSSR count). The number of methoxy groups -OCH3 is 2. The minimum atomic E-state index is -5.08. The van der Waals surface area contributed by atoms with Crippen molar-refractivity contribution < 1.29 is 50.6 Å². The number of hydrogen-bond donors (Lipinski definition) is 5. The Balaban J connectivity index is 0.00000117. The molecule has 0 aliphatic heterocycles. The molecule has 2 aromatic carbocycles. The number of nitrogens with zero attached hydrogens (tertiary/aromatic N) is 1. The molecule has 0 saturated carbocycles. The summed E-state index contributed by atoms with van der Waals surface area (Å²) in [4.78, 5) is 38.6. The van der Waals surface area contributed by atoms with Crippen molar-refractivity contribution in [2.24, 2.45) is 16.6 Å². The number of carbonyl (C=O) groups is 3. The van der Waals surface area contributed by atoms with Gasteiger partial charge in [0.1, 0.15) is 6.04 Å². The quantitative estimate of drug-likeness (QED) is 0.192. The van der Waals surface area contributed by atoms with Gasteiger partial charge in [0.15, 0.2) is 17.5 Å². The van der Waals surface area contributed by atoms with Gasteiger partial charge in [-0.2, -0.15) is 13.2 Å². The highest BCUT2D eigenvalue weighted by atomic mass is 32.2. The third kappa shape index (κ3) is 11.4. The fraction of sp³-hybridized carbons (Fsp3) is 0.385. The zero-order valence-electron chi connectivity index (χ0n) is 24.2. The summed E-state index contributed by atoms with van der Waals surface area (Å²) in [5.41, 5.74) is 7.60. The lowest BCUT2D eigenvalue weighted by atomic mass is 10.0. The summed E-state index contributed by atoms with van der Waals surface area (Å²) < 4.78 is 68.7. The highest BCUT2D eigenvalue weighted by molar-refractivity contribution is 7.89. The molecular weight excluding hydrogens is 599 g/mol. The second-order valence-electron chi connectivity index (χ2n) is 9.09. The molecule has 0 spiro atoms. The van der Waals surface area contributed by atoms with Gasteiger partial charge in [-0.05, 0) is 55.3 Å². The normalized spacial score (nSPS) is 12.5. The number of anilines is 1. The molecule has 0 fully saturated rings. The van der Waals surface area contributed by atoms with E-state index < -0.39 is 40.0 Å². The van der Waals surface area contributed by atoms with Gasteiger partial charge in [0.05, 0.1) is 25.5 Å². The number of carboxylic acids is 1. The molecule has 6 N–H and O–H groups in total. The maximum Gasteiger partial charge on any atom is 0.490 e. The average Bonchev–Trinajstić information content (AvgIpc) is 2.92. The largest absolute Gasteiger partial charge is 0.493 e. The maximum atomic E-state index is 13.0. The van der Waals surface area contributed by atoms with Crippen LogP contribution < -0.4 is 30.6 Å². The van der Waals surface area contributed by atoms with Gasteiger partial charge in [-0.25, -0.2) is 22.9 Å². The Kier molecular flexibility index (Phi) is 13.4. The van der Waals surface area contributed by atoms with Crippen LogP contribution in [0.1, 0.15) is 25.0 Å². The van der Waals surface area contributed by atoms with Crippen molar-refractivity contribution >= 4 is 39.5 Å². The summed E-state index contributed by atoms with van der Waals surface area (Å²) in [6.07, 6.45) is -5.08. The molecule has 2 amide bonds. The molecule has 17 heteroatoms. The van der Waals surface area contributed by atoms with E-state index in [1.165, 1.54) is 33.4 Å². The monoisotopic (exact) mass is 633 g/mol. The van der Waals surface area contributed by atoms with E-state index in [4.69, 9.17) is 25.1 Å². The number of aryl methyl sites for hydroxylation is 1. The third-order valence-corrected chi connectivity index (χ3v) is 6.96. The van der Waals surface area contributed by atoms with E-state index in [1.807, 2.05) is 0 Å². The number of halogens is 3. The van der Waals surface area contributed by atoms with Gasteiger partial charge in [-0.15, -0.1) is 0 Å². The Labute approximate surface area is 246 Å². The fourth-order valence-electron chi connectivity index (χ4n) is 3.28. The van der Waals surface area contributed by atoms with E-state index in [9.17, 15) is 31.2 Å². The van der Waals surface area contributed by atoms with E-state index in [2.05, 4.69) is 20.3 Å². The minimum absolute atomic E-state index is 0.00103. The van der Waals surface area contributed by atoms with Crippen LogP contribution in [0, 0.1) is 12.8 Å². The van der Waals surface area contributed by atoms with Crippen LogP contribution in [-0.4, -0.2) is 70.8 Å². The Morgan fingerprint density at radius 3 is 2.12 bits per heavy atom. The van der Waals surface area contributed by atoms with Gasteiger partial charge in [0.2, 0.25) is 21.8 Å². The third-order valence-electron chi connectivity index (χ3n) is 5.55. The smallest absolute Gasteiger partial charge is 0.490 e. The van der Waals surface area contributed by atoms with Crippen molar-refractivity contribution in [3.8, 4) is 11.5 Å². The first-order valence-corrected chi connectivity index (χ1v) is 13.8. The summed E-state index contributed by atoms with van der Waals surface area (Å²) in [6.45, 7) is 5.30. The summed E-state index contributed by atoms with van der Waals surface area (Å²) in [7, 11) is 0.637. The van der Waals surface area contributed by atoms with Gasteiger partial charge in [-0.3, -0.25) is 14.9 Å². The molecule has 0 aliphatic carbocycles. The molecule has 13 nitrogen and oxygen atoms in total. The first-order chi connectivity index (χ1) is 19.9. The van der Waals surface area contributed by atoms with Crippen molar-refractivity contribution in [2.45, 2.75) is 44.3 Å². The lowest BCUT2D eigenvalue weighted by molar-refractivity contribution is -0.192. The van der Waals surface area contributed by atoms with E-state index in [0.29, 0.717) is 28.3 Å². The standard InChI is InChI=1S/C24H33N5O6S.C2HF3O2/c1-14(2)22(23(31)27-18-13-17(9-7-15(18)3)36(32,33)26-4)29-24(25)28-21(30)12-16-8-10-19(34-5)20(11-16)35-6;3-2(4,5)1(6)7/h7-11,13-14,22,26H,12H2,1-6H3,(H,27,31)(H3,25,28,29,30);(H,6,7)/t22-;/m1./s1. The predicted molar refractivity (Wildman–Crippen MR) is 151 cm³/mol. The minimum Gasteiger partial charge on any atom is -0.493 e.